The molecule has 2 aromatic carbocycles. The van der Waals surface area contributed by atoms with Crippen LogP contribution in [-0.2, 0) is 0 Å². The lowest BCUT2D eigenvalue weighted by atomic mass is 10.1. The number of urea groups is 1. The smallest absolute Gasteiger partial charge is 0.321 e. The van der Waals surface area contributed by atoms with Gasteiger partial charge >= 0.3 is 6.03 Å². The minimum absolute atomic E-state index is 0.125. The molecule has 0 heterocycles. The first-order chi connectivity index (χ1) is 10.0. The maximum absolute atomic E-state index is 11.8. The quantitative estimate of drug-likeness (QED) is 0.840. The third-order valence-corrected chi connectivity index (χ3v) is 3.12. The van der Waals surface area contributed by atoms with Gasteiger partial charge in [-0.1, -0.05) is 35.4 Å². The maximum Gasteiger partial charge on any atom is 0.321 e. The summed E-state index contributed by atoms with van der Waals surface area (Å²) < 4.78 is 5.45. The van der Waals surface area contributed by atoms with Crippen LogP contribution in [0, 0.1) is 20.8 Å². The van der Waals surface area contributed by atoms with E-state index in [0.717, 1.165) is 17.0 Å². The average Bonchev–Trinajstić information content (AvgIpc) is 2.44. The Morgan fingerprint density at radius 2 is 1.67 bits per heavy atom. The Morgan fingerprint density at radius 3 is 2.33 bits per heavy atom. The molecule has 110 valence electrons. The molecular weight excluding hydrogens is 264 g/mol. The Hall–Kier alpha value is -2.49. The molecule has 0 unspecified atom stereocenters. The molecule has 2 amide bonds. The molecule has 0 saturated carbocycles. The zero-order chi connectivity index (χ0) is 15.2. The first kappa shape index (κ1) is 14.9. The number of carbonyl (C=O) groups excluding carboxylic acids is 1. The molecule has 0 saturated heterocycles. The van der Waals surface area contributed by atoms with Gasteiger partial charge in [0.1, 0.15) is 5.75 Å². The molecule has 0 radical (unpaired) electrons. The minimum Gasteiger partial charge on any atom is -0.473 e. The predicted molar refractivity (Wildman–Crippen MR) is 84.7 cm³/mol. The number of ether oxygens (including phenoxy) is 1. The van der Waals surface area contributed by atoms with E-state index in [0.29, 0.717) is 0 Å². The van der Waals surface area contributed by atoms with Crippen molar-refractivity contribution in [3.8, 4) is 5.75 Å². The zero-order valence-electron chi connectivity index (χ0n) is 12.6. The van der Waals surface area contributed by atoms with Crippen LogP contribution in [0.15, 0.2) is 42.5 Å². The average molecular weight is 284 g/mol. The molecule has 4 nitrogen and oxygen atoms in total. The summed E-state index contributed by atoms with van der Waals surface area (Å²) in [5.74, 6) is 0.729. The maximum atomic E-state index is 11.8. The first-order valence-electron chi connectivity index (χ1n) is 6.86. The van der Waals surface area contributed by atoms with Crippen molar-refractivity contribution in [3.05, 3.63) is 59.2 Å². The Labute approximate surface area is 125 Å². The molecule has 0 spiro atoms. The minimum atomic E-state index is -0.283. The Bertz CT molecular complexity index is 621. The van der Waals surface area contributed by atoms with Crippen molar-refractivity contribution in [2.24, 2.45) is 0 Å². The summed E-state index contributed by atoms with van der Waals surface area (Å²) in [7, 11) is 0. The molecule has 2 rings (SSSR count). The largest absolute Gasteiger partial charge is 0.473 e. The molecule has 0 aliphatic heterocycles. The van der Waals surface area contributed by atoms with E-state index >= 15 is 0 Å². The van der Waals surface area contributed by atoms with Gasteiger partial charge in [0.05, 0.1) is 0 Å². The zero-order valence-corrected chi connectivity index (χ0v) is 12.6. The molecule has 0 atom stereocenters. The van der Waals surface area contributed by atoms with Crippen molar-refractivity contribution in [1.29, 1.82) is 0 Å². The third kappa shape index (κ3) is 4.53. The van der Waals surface area contributed by atoms with E-state index in [-0.39, 0.29) is 12.8 Å². The highest BCUT2D eigenvalue weighted by molar-refractivity contribution is 5.89. The van der Waals surface area contributed by atoms with Gasteiger partial charge in [0.2, 0.25) is 0 Å². The number of benzene rings is 2. The van der Waals surface area contributed by atoms with E-state index in [2.05, 4.69) is 10.6 Å². The second-order valence-corrected chi connectivity index (χ2v) is 5.05. The van der Waals surface area contributed by atoms with Gasteiger partial charge in [0.15, 0.2) is 6.73 Å². The Balaban J connectivity index is 1.81. The van der Waals surface area contributed by atoms with Crippen LogP contribution in [-0.4, -0.2) is 12.8 Å². The fourth-order valence-corrected chi connectivity index (χ4v) is 1.94. The number of aryl methyl sites for hydroxylation is 3. The Morgan fingerprint density at radius 1 is 1.00 bits per heavy atom. The molecule has 2 aromatic rings. The summed E-state index contributed by atoms with van der Waals surface area (Å²) in [6.07, 6.45) is 0. The summed E-state index contributed by atoms with van der Waals surface area (Å²) in [5.41, 5.74) is 4.17. The normalized spacial score (nSPS) is 10.0. The fourth-order valence-electron chi connectivity index (χ4n) is 1.94. The monoisotopic (exact) mass is 284 g/mol. The predicted octanol–water partition coefficient (Wildman–Crippen LogP) is 3.77. The first-order valence-corrected chi connectivity index (χ1v) is 6.86. The van der Waals surface area contributed by atoms with Crippen LogP contribution in [0.4, 0.5) is 10.5 Å². The molecule has 2 N–H and O–H groups in total. The van der Waals surface area contributed by atoms with E-state index in [1.165, 1.54) is 11.1 Å². The molecule has 0 bridgehead atoms. The molecule has 21 heavy (non-hydrogen) atoms. The van der Waals surface area contributed by atoms with Crippen LogP contribution in [0.5, 0.6) is 5.75 Å². The van der Waals surface area contributed by atoms with Crippen LogP contribution in [0.3, 0.4) is 0 Å². The SMILES string of the molecule is Cc1ccc(OCNC(=O)Nc2ccc(C)cc2C)cc1. The lowest BCUT2D eigenvalue weighted by Gasteiger charge is -2.11. The second-order valence-electron chi connectivity index (χ2n) is 5.05. The van der Waals surface area contributed by atoms with E-state index in [1.54, 1.807) is 0 Å². The lowest BCUT2D eigenvalue weighted by Crippen LogP contribution is -2.32. The van der Waals surface area contributed by atoms with Gasteiger partial charge in [0.25, 0.3) is 0 Å². The van der Waals surface area contributed by atoms with Crippen LogP contribution < -0.4 is 15.4 Å². The van der Waals surface area contributed by atoms with Gasteiger partial charge < -0.3 is 15.4 Å². The van der Waals surface area contributed by atoms with Crippen molar-refractivity contribution in [2.75, 3.05) is 12.0 Å². The van der Waals surface area contributed by atoms with Crippen molar-refractivity contribution in [3.63, 3.8) is 0 Å². The van der Waals surface area contributed by atoms with Gasteiger partial charge in [-0.25, -0.2) is 4.79 Å². The fraction of sp³-hybridized carbons (Fsp3) is 0.235. The van der Waals surface area contributed by atoms with Crippen LogP contribution in [0.1, 0.15) is 16.7 Å². The topological polar surface area (TPSA) is 50.4 Å². The number of nitrogens with one attached hydrogen (secondary N) is 2. The van der Waals surface area contributed by atoms with E-state index < -0.39 is 0 Å². The molecule has 0 aliphatic rings. The number of hydrogen-bond donors (Lipinski definition) is 2. The summed E-state index contributed by atoms with van der Waals surface area (Å²) in [4.78, 5) is 11.8. The summed E-state index contributed by atoms with van der Waals surface area (Å²) in [6.45, 7) is 6.12. The van der Waals surface area contributed by atoms with Gasteiger partial charge in [-0.3, -0.25) is 0 Å². The highest BCUT2D eigenvalue weighted by Crippen LogP contribution is 2.15. The van der Waals surface area contributed by atoms with Crippen LogP contribution >= 0.6 is 0 Å². The summed E-state index contributed by atoms with van der Waals surface area (Å²) in [5, 5.41) is 5.47. The van der Waals surface area contributed by atoms with E-state index in [9.17, 15) is 4.79 Å². The molecule has 0 fully saturated rings. The second kappa shape index (κ2) is 6.79. The van der Waals surface area contributed by atoms with Crippen molar-refractivity contribution in [1.82, 2.24) is 5.32 Å². The number of rotatable bonds is 4. The third-order valence-electron chi connectivity index (χ3n) is 3.12. The molecule has 0 aromatic heterocycles. The number of amides is 2. The highest BCUT2D eigenvalue weighted by atomic mass is 16.5. The summed E-state index contributed by atoms with van der Waals surface area (Å²) in [6, 6.07) is 13.3. The highest BCUT2D eigenvalue weighted by Gasteiger charge is 2.04. The van der Waals surface area contributed by atoms with Crippen LogP contribution in [0.2, 0.25) is 0 Å². The van der Waals surface area contributed by atoms with Gasteiger partial charge in [0, 0.05) is 5.69 Å². The van der Waals surface area contributed by atoms with Crippen LogP contribution in [0.25, 0.3) is 0 Å². The number of hydrogen-bond acceptors (Lipinski definition) is 2. The molecular formula is C17H20N2O2. The van der Waals surface area contributed by atoms with Gasteiger partial charge in [-0.2, -0.15) is 0 Å². The Kier molecular flexibility index (Phi) is 4.82. The summed E-state index contributed by atoms with van der Waals surface area (Å²) >= 11 is 0. The lowest BCUT2D eigenvalue weighted by molar-refractivity contribution is 0.234. The standard InChI is InChI=1S/C17H20N2O2/c1-12-4-7-15(8-5-12)21-11-18-17(20)19-16-9-6-13(2)10-14(16)3/h4-10H,11H2,1-3H3,(H2,18,19,20). The van der Waals surface area contributed by atoms with E-state index in [4.69, 9.17) is 4.74 Å². The molecule has 4 heteroatoms. The van der Waals surface area contributed by atoms with E-state index in [1.807, 2.05) is 63.2 Å². The molecule has 0 aliphatic carbocycles. The van der Waals surface area contributed by atoms with Crippen molar-refractivity contribution < 1.29 is 9.53 Å². The number of anilines is 1. The number of carbonyl (C=O) groups is 1. The van der Waals surface area contributed by atoms with Crippen molar-refractivity contribution >= 4 is 11.7 Å². The van der Waals surface area contributed by atoms with Gasteiger partial charge in [-0.05, 0) is 44.5 Å². The van der Waals surface area contributed by atoms with Gasteiger partial charge in [-0.15, -0.1) is 0 Å². The van der Waals surface area contributed by atoms with Crippen molar-refractivity contribution in [2.45, 2.75) is 20.8 Å².